The molecule has 86 heavy (non-hydrogen) atoms. The van der Waals surface area contributed by atoms with E-state index in [0.29, 0.717) is 50.4 Å². The molecule has 8 aromatic carbocycles. The second-order valence-electron chi connectivity index (χ2n) is 30.9. The summed E-state index contributed by atoms with van der Waals surface area (Å²) in [6, 6.07) is 46.6. The van der Waals surface area contributed by atoms with Crippen molar-refractivity contribution in [3.63, 3.8) is 0 Å². The summed E-state index contributed by atoms with van der Waals surface area (Å²) in [5, 5.41) is 51.9. The summed E-state index contributed by atoms with van der Waals surface area (Å²) in [5.74, 6) is 2.17. The van der Waals surface area contributed by atoms with Crippen molar-refractivity contribution in [3.05, 3.63) is 245 Å². The quantitative estimate of drug-likeness (QED) is 0.132. The normalized spacial score (nSPS) is 13.7. The van der Waals surface area contributed by atoms with E-state index in [1.807, 2.05) is 36.4 Å². The zero-order valence-electron chi connectivity index (χ0n) is 55.0. The van der Waals surface area contributed by atoms with Crippen LogP contribution in [0.25, 0.3) is 0 Å². The van der Waals surface area contributed by atoms with Crippen LogP contribution in [0.1, 0.15) is 236 Å². The monoisotopic (exact) mass is 1150 g/mol. The van der Waals surface area contributed by atoms with E-state index >= 15 is 0 Å². The van der Waals surface area contributed by atoms with Crippen molar-refractivity contribution in [2.24, 2.45) is 0 Å². The Labute approximate surface area is 515 Å². The molecular weight excluding hydrogens is 1060 g/mol. The number of hydrogen-bond donors (Lipinski definition) is 4. The first-order chi connectivity index (χ1) is 40.0. The molecule has 0 aliphatic heterocycles. The number of fused-ring (bicyclic) bond motifs is 12. The summed E-state index contributed by atoms with van der Waals surface area (Å²) in [6.07, 6.45) is 1.97. The summed E-state index contributed by atoms with van der Waals surface area (Å²) in [4.78, 5) is 0. The molecule has 6 heteroatoms. The number of phenols is 4. The molecule has 6 nitrogen and oxygen atoms in total. The van der Waals surface area contributed by atoms with E-state index in [9.17, 15) is 20.4 Å². The average Bonchev–Trinajstić information content (AvgIpc) is 1.02. The highest BCUT2D eigenvalue weighted by atomic mass is 16.5. The summed E-state index contributed by atoms with van der Waals surface area (Å²) in [7, 11) is 0. The van der Waals surface area contributed by atoms with Gasteiger partial charge in [0.25, 0.3) is 0 Å². The third kappa shape index (κ3) is 14.3. The molecule has 0 atom stereocenters. The maximum Gasteiger partial charge on any atom is 0.126 e. The molecular formula is C80H96O6. The lowest BCUT2D eigenvalue weighted by molar-refractivity contribution is 0.300. The standard InChI is InChI=1S/C80H96O6/c1-75(2,3)63-35-51-29-52-36-64(76(4,5)6)40-56(70(52)82)32-61-45-68(80(16,17)18)46-62(74(61)86-48-50-27-23-20-24-28-50)34-58-42-66(78(10,11)12)38-54(72(58)84)30-53-37-65(77(7,8)9)41-57(71(53)83)33-60-44-67(79(13,14)15)43-59(31-55(39-63)69(51)81)73(60)85-47-49-25-21-19-22-26-49/h19-28,35-46,81-84H,29-34,47-48H2,1-18H3. The van der Waals surface area contributed by atoms with E-state index in [1.54, 1.807) is 0 Å². The van der Waals surface area contributed by atoms with E-state index in [1.165, 1.54) is 0 Å². The number of benzene rings is 8. The number of ether oxygens (including phenoxy) is 2. The maximum atomic E-state index is 13.0. The number of rotatable bonds is 6. The number of aromatic hydroxyl groups is 4. The zero-order chi connectivity index (χ0) is 62.6. The third-order valence-electron chi connectivity index (χ3n) is 17.5. The van der Waals surface area contributed by atoms with Crippen LogP contribution in [0.5, 0.6) is 34.5 Å². The molecule has 0 aromatic heterocycles. The average molecular weight is 1150 g/mol. The van der Waals surface area contributed by atoms with E-state index in [4.69, 9.17) is 9.47 Å². The molecule has 452 valence electrons. The van der Waals surface area contributed by atoms with Crippen molar-refractivity contribution < 1.29 is 29.9 Å². The minimum absolute atomic E-state index is 0.187. The van der Waals surface area contributed by atoms with Crippen molar-refractivity contribution >= 4 is 0 Å². The van der Waals surface area contributed by atoms with Gasteiger partial charge in [0.05, 0.1) is 0 Å². The highest BCUT2D eigenvalue weighted by Crippen LogP contribution is 2.46. The minimum atomic E-state index is -0.296. The van der Waals surface area contributed by atoms with Gasteiger partial charge >= 0.3 is 0 Å². The summed E-state index contributed by atoms with van der Waals surface area (Å²) < 4.78 is 14.3. The Hall–Kier alpha value is -7.44. The largest absolute Gasteiger partial charge is 0.507 e. The lowest BCUT2D eigenvalue weighted by Gasteiger charge is -2.28. The van der Waals surface area contributed by atoms with Crippen LogP contribution in [-0.4, -0.2) is 20.4 Å². The first kappa shape index (κ1) is 63.1. The van der Waals surface area contributed by atoms with Gasteiger partial charge in [0.15, 0.2) is 0 Å². The number of phenolic OH excluding ortho intramolecular Hbond substituents is 4. The van der Waals surface area contributed by atoms with E-state index in [-0.39, 0.29) is 68.3 Å². The minimum Gasteiger partial charge on any atom is -0.507 e. The third-order valence-corrected chi connectivity index (χ3v) is 17.5. The molecule has 12 bridgehead atoms. The fourth-order valence-electron chi connectivity index (χ4n) is 11.8. The molecule has 0 radical (unpaired) electrons. The molecule has 8 aromatic rings. The van der Waals surface area contributed by atoms with Gasteiger partial charge in [0.1, 0.15) is 47.7 Å². The lowest BCUT2D eigenvalue weighted by Crippen LogP contribution is -2.16. The molecule has 0 saturated heterocycles. The van der Waals surface area contributed by atoms with Gasteiger partial charge < -0.3 is 29.9 Å². The van der Waals surface area contributed by atoms with Gasteiger partial charge in [-0.1, -0.05) is 258 Å². The van der Waals surface area contributed by atoms with Crippen molar-refractivity contribution in [2.75, 3.05) is 0 Å². The molecule has 1 aliphatic carbocycles. The maximum absolute atomic E-state index is 13.0. The van der Waals surface area contributed by atoms with Gasteiger partial charge in [-0.25, -0.2) is 0 Å². The van der Waals surface area contributed by atoms with Crippen LogP contribution in [0.3, 0.4) is 0 Å². The Morgan fingerprint density at radius 3 is 0.593 bits per heavy atom. The summed E-state index contributed by atoms with van der Waals surface area (Å²) in [6.45, 7) is 40.5. The van der Waals surface area contributed by atoms with Gasteiger partial charge in [-0.3, -0.25) is 0 Å². The molecule has 0 spiro atoms. The molecule has 0 unspecified atom stereocenters. The van der Waals surface area contributed by atoms with Crippen molar-refractivity contribution in [2.45, 2.75) is 209 Å². The van der Waals surface area contributed by atoms with Crippen LogP contribution in [0.2, 0.25) is 0 Å². The molecule has 1 aliphatic rings. The molecule has 9 rings (SSSR count). The van der Waals surface area contributed by atoms with Crippen molar-refractivity contribution in [3.8, 4) is 34.5 Å². The fraction of sp³-hybridized carbons (Fsp3) is 0.400. The van der Waals surface area contributed by atoms with Crippen molar-refractivity contribution in [1.29, 1.82) is 0 Å². The van der Waals surface area contributed by atoms with Crippen molar-refractivity contribution in [1.82, 2.24) is 0 Å². The highest BCUT2D eigenvalue weighted by molar-refractivity contribution is 5.61. The van der Waals surface area contributed by atoms with E-state index in [2.05, 4.69) is 222 Å². The Morgan fingerprint density at radius 2 is 0.419 bits per heavy atom. The molecule has 0 fully saturated rings. The Morgan fingerprint density at radius 1 is 0.256 bits per heavy atom. The SMILES string of the molecule is CC(C)(C)c1cc2c(O)c(c1)Cc1cc(C(C)(C)C)cc(c1OCc1ccccc1)Cc1cc(C(C)(C)C)cc(c1O)Cc1cc(C(C)(C)C)cc(c1O)Cc1cc(C(C)(C)C)cc(c1OCc1ccccc1)Cc1cc(C(C)(C)C)cc(c1O)C2. The topological polar surface area (TPSA) is 99.4 Å². The van der Waals surface area contributed by atoms with Crippen LogP contribution >= 0.6 is 0 Å². The lowest BCUT2D eigenvalue weighted by atomic mass is 9.79. The van der Waals surface area contributed by atoms with Crippen LogP contribution in [0.15, 0.2) is 133 Å². The predicted octanol–water partition coefficient (Wildman–Crippen LogP) is 19.3. The highest BCUT2D eigenvalue weighted by Gasteiger charge is 2.30. The first-order valence-corrected chi connectivity index (χ1v) is 31.1. The summed E-state index contributed by atoms with van der Waals surface area (Å²) >= 11 is 0. The van der Waals surface area contributed by atoms with E-state index < -0.39 is 0 Å². The van der Waals surface area contributed by atoms with Gasteiger partial charge in [-0.2, -0.15) is 0 Å². The fourth-order valence-corrected chi connectivity index (χ4v) is 11.8. The van der Waals surface area contributed by atoms with Gasteiger partial charge in [0, 0.05) is 38.5 Å². The Balaban J connectivity index is 1.38. The van der Waals surface area contributed by atoms with Gasteiger partial charge in [0.2, 0.25) is 0 Å². The van der Waals surface area contributed by atoms with Gasteiger partial charge in [-0.05, 0) is 144 Å². The molecule has 0 amide bonds. The molecule has 0 saturated carbocycles. The second kappa shape index (κ2) is 23.7. The van der Waals surface area contributed by atoms with Crippen LogP contribution < -0.4 is 9.47 Å². The number of hydrogen-bond acceptors (Lipinski definition) is 6. The van der Waals surface area contributed by atoms with E-state index in [0.717, 1.165) is 111 Å². The Kier molecular flexibility index (Phi) is 17.4. The first-order valence-electron chi connectivity index (χ1n) is 31.1. The summed E-state index contributed by atoms with van der Waals surface area (Å²) in [5.41, 5.74) is 16.5. The van der Waals surface area contributed by atoms with Crippen LogP contribution in [0, 0.1) is 0 Å². The zero-order valence-corrected chi connectivity index (χ0v) is 55.0. The molecule has 4 N–H and O–H groups in total. The second-order valence-corrected chi connectivity index (χ2v) is 30.9. The Bertz CT molecular complexity index is 3350. The molecule has 0 heterocycles. The van der Waals surface area contributed by atoms with Gasteiger partial charge in [-0.15, -0.1) is 0 Å². The smallest absolute Gasteiger partial charge is 0.126 e. The van der Waals surface area contributed by atoms with Crippen LogP contribution in [0.4, 0.5) is 0 Å². The predicted molar refractivity (Wildman–Crippen MR) is 356 cm³/mol. The van der Waals surface area contributed by atoms with Crippen LogP contribution in [-0.2, 0) is 84.2 Å².